The summed E-state index contributed by atoms with van der Waals surface area (Å²) in [7, 11) is 0. The Balaban J connectivity index is 1.67. The highest BCUT2D eigenvalue weighted by molar-refractivity contribution is 9.10. The fourth-order valence-corrected chi connectivity index (χ4v) is 4.32. The van der Waals surface area contributed by atoms with Gasteiger partial charge in [0, 0.05) is 4.88 Å². The van der Waals surface area contributed by atoms with Crippen molar-refractivity contribution in [3.05, 3.63) is 69.0 Å². The van der Waals surface area contributed by atoms with Gasteiger partial charge in [-0.1, -0.05) is 36.4 Å². The van der Waals surface area contributed by atoms with Crippen LogP contribution >= 0.6 is 27.3 Å². The van der Waals surface area contributed by atoms with Gasteiger partial charge in [0.25, 0.3) is 11.8 Å². The van der Waals surface area contributed by atoms with Crippen LogP contribution in [-0.4, -0.2) is 18.4 Å². The number of ether oxygens (including phenoxy) is 1. The normalized spacial score (nSPS) is 10.5. The molecule has 7 heteroatoms. The number of primary amides is 1. The van der Waals surface area contributed by atoms with E-state index in [2.05, 4.69) is 21.2 Å². The lowest BCUT2D eigenvalue weighted by Crippen LogP contribution is -2.22. The van der Waals surface area contributed by atoms with Gasteiger partial charge < -0.3 is 15.8 Å². The molecule has 1 aromatic heterocycles. The largest absolute Gasteiger partial charge is 0.483 e. The van der Waals surface area contributed by atoms with E-state index in [1.165, 1.54) is 11.3 Å². The van der Waals surface area contributed by atoms with Gasteiger partial charge >= 0.3 is 0 Å². The molecular formula is C21H19BrN2O3S. The van der Waals surface area contributed by atoms with Crippen molar-refractivity contribution in [2.24, 2.45) is 5.73 Å². The molecule has 0 atom stereocenters. The molecule has 5 nitrogen and oxygen atoms in total. The summed E-state index contributed by atoms with van der Waals surface area (Å²) in [5.41, 5.74) is 8.70. The van der Waals surface area contributed by atoms with Crippen molar-refractivity contribution in [1.29, 1.82) is 0 Å². The van der Waals surface area contributed by atoms with Crippen LogP contribution in [-0.2, 0) is 4.79 Å². The number of benzene rings is 2. The summed E-state index contributed by atoms with van der Waals surface area (Å²) in [6.45, 7) is 3.50. The van der Waals surface area contributed by atoms with Crippen LogP contribution in [0, 0.1) is 13.8 Å². The SMILES string of the molecule is Cc1sc(NC(=O)COc2ccc(-c3ccccc3)cc2Br)c(C(N)=O)c1C. The Morgan fingerprint density at radius 1 is 1.11 bits per heavy atom. The molecule has 3 rings (SSSR count). The van der Waals surface area contributed by atoms with E-state index < -0.39 is 5.91 Å². The second kappa shape index (κ2) is 8.58. The highest BCUT2D eigenvalue weighted by atomic mass is 79.9. The van der Waals surface area contributed by atoms with E-state index in [0.29, 0.717) is 16.3 Å². The first kappa shape index (κ1) is 20.1. The summed E-state index contributed by atoms with van der Waals surface area (Å²) in [5.74, 6) is -0.358. The van der Waals surface area contributed by atoms with Crippen LogP contribution in [0.3, 0.4) is 0 Å². The molecule has 3 aromatic rings. The van der Waals surface area contributed by atoms with Gasteiger partial charge in [0.2, 0.25) is 0 Å². The number of anilines is 1. The summed E-state index contributed by atoms with van der Waals surface area (Å²) >= 11 is 4.81. The van der Waals surface area contributed by atoms with E-state index in [-0.39, 0.29) is 12.5 Å². The minimum atomic E-state index is -0.558. The lowest BCUT2D eigenvalue weighted by atomic mass is 10.1. The van der Waals surface area contributed by atoms with Crippen LogP contribution < -0.4 is 15.8 Å². The van der Waals surface area contributed by atoms with Gasteiger partial charge in [-0.2, -0.15) is 0 Å². The van der Waals surface area contributed by atoms with Gasteiger partial charge in [0.1, 0.15) is 10.8 Å². The van der Waals surface area contributed by atoms with E-state index in [9.17, 15) is 9.59 Å². The zero-order chi connectivity index (χ0) is 20.3. The predicted octanol–water partition coefficient (Wildman–Crippen LogP) is 4.91. The van der Waals surface area contributed by atoms with Crippen molar-refractivity contribution in [2.45, 2.75) is 13.8 Å². The molecule has 0 aliphatic rings. The van der Waals surface area contributed by atoms with Crippen LogP contribution in [0.15, 0.2) is 53.0 Å². The molecule has 0 saturated heterocycles. The molecule has 0 fully saturated rings. The van der Waals surface area contributed by atoms with Gasteiger partial charge in [0.05, 0.1) is 10.0 Å². The number of amides is 2. The predicted molar refractivity (Wildman–Crippen MR) is 116 cm³/mol. The Bertz CT molecular complexity index is 1030. The maximum Gasteiger partial charge on any atom is 0.262 e. The summed E-state index contributed by atoms with van der Waals surface area (Å²) in [4.78, 5) is 24.9. The number of hydrogen-bond acceptors (Lipinski definition) is 4. The molecule has 0 radical (unpaired) electrons. The zero-order valence-corrected chi connectivity index (χ0v) is 17.8. The third kappa shape index (κ3) is 4.43. The van der Waals surface area contributed by atoms with Crippen LogP contribution in [0.5, 0.6) is 5.75 Å². The minimum Gasteiger partial charge on any atom is -0.483 e. The highest BCUT2D eigenvalue weighted by Crippen LogP contribution is 2.33. The first-order chi connectivity index (χ1) is 13.4. The van der Waals surface area contributed by atoms with Crippen molar-refractivity contribution in [2.75, 3.05) is 11.9 Å². The Hall–Kier alpha value is -2.64. The van der Waals surface area contributed by atoms with Crippen molar-refractivity contribution in [1.82, 2.24) is 0 Å². The highest BCUT2D eigenvalue weighted by Gasteiger charge is 2.19. The molecule has 0 aliphatic heterocycles. The molecule has 0 aliphatic carbocycles. The van der Waals surface area contributed by atoms with Gasteiger partial charge in [-0.05, 0) is 58.6 Å². The van der Waals surface area contributed by atoms with Crippen LogP contribution in [0.1, 0.15) is 20.8 Å². The van der Waals surface area contributed by atoms with E-state index in [4.69, 9.17) is 10.5 Å². The van der Waals surface area contributed by atoms with Gasteiger partial charge in [-0.25, -0.2) is 0 Å². The molecule has 28 heavy (non-hydrogen) atoms. The molecule has 0 spiro atoms. The molecule has 3 N–H and O–H groups in total. The second-order valence-corrected chi connectivity index (χ2v) is 8.28. The summed E-state index contributed by atoms with van der Waals surface area (Å²) in [6.07, 6.45) is 0. The van der Waals surface area contributed by atoms with Crippen molar-refractivity contribution >= 4 is 44.1 Å². The summed E-state index contributed by atoms with van der Waals surface area (Å²) in [5, 5.41) is 3.17. The number of hydrogen-bond donors (Lipinski definition) is 2. The van der Waals surface area contributed by atoms with E-state index in [1.807, 2.05) is 62.4 Å². The monoisotopic (exact) mass is 458 g/mol. The number of carbonyl (C=O) groups excluding carboxylic acids is 2. The Morgan fingerprint density at radius 3 is 2.46 bits per heavy atom. The second-order valence-electron chi connectivity index (χ2n) is 6.20. The first-order valence-electron chi connectivity index (χ1n) is 8.54. The van der Waals surface area contributed by atoms with Crippen molar-refractivity contribution in [3.63, 3.8) is 0 Å². The van der Waals surface area contributed by atoms with Crippen LogP contribution in [0.2, 0.25) is 0 Å². The summed E-state index contributed by atoms with van der Waals surface area (Å²) < 4.78 is 6.38. The molecule has 2 amide bonds. The maximum atomic E-state index is 12.3. The molecule has 2 aromatic carbocycles. The average Bonchev–Trinajstić information content (AvgIpc) is 2.95. The number of nitrogens with one attached hydrogen (secondary N) is 1. The van der Waals surface area contributed by atoms with Gasteiger partial charge in [0.15, 0.2) is 6.61 Å². The molecule has 1 heterocycles. The number of aryl methyl sites for hydroxylation is 1. The number of carbonyl (C=O) groups is 2. The summed E-state index contributed by atoms with van der Waals surface area (Å²) in [6, 6.07) is 15.7. The van der Waals surface area contributed by atoms with Gasteiger partial charge in [-0.3, -0.25) is 9.59 Å². The lowest BCUT2D eigenvalue weighted by Gasteiger charge is -2.10. The number of nitrogens with two attached hydrogens (primary N) is 1. The molecule has 144 valence electrons. The fraction of sp³-hybridized carbons (Fsp3) is 0.143. The quantitative estimate of drug-likeness (QED) is 0.550. The van der Waals surface area contributed by atoms with Crippen molar-refractivity contribution < 1.29 is 14.3 Å². The maximum absolute atomic E-state index is 12.3. The Labute approximate surface area is 175 Å². The minimum absolute atomic E-state index is 0.183. The third-order valence-electron chi connectivity index (χ3n) is 4.28. The average molecular weight is 459 g/mol. The zero-order valence-electron chi connectivity index (χ0n) is 15.4. The molecule has 0 saturated carbocycles. The van der Waals surface area contributed by atoms with E-state index in [0.717, 1.165) is 26.0 Å². The topological polar surface area (TPSA) is 81.4 Å². The lowest BCUT2D eigenvalue weighted by molar-refractivity contribution is -0.118. The van der Waals surface area contributed by atoms with Crippen LogP contribution in [0.4, 0.5) is 5.00 Å². The fourth-order valence-electron chi connectivity index (χ4n) is 2.75. The number of thiophene rings is 1. The van der Waals surface area contributed by atoms with E-state index in [1.54, 1.807) is 0 Å². The Kier molecular flexibility index (Phi) is 6.16. The smallest absolute Gasteiger partial charge is 0.262 e. The number of rotatable bonds is 6. The van der Waals surface area contributed by atoms with E-state index >= 15 is 0 Å². The molecule has 0 unspecified atom stereocenters. The molecular weight excluding hydrogens is 440 g/mol. The van der Waals surface area contributed by atoms with Gasteiger partial charge in [-0.15, -0.1) is 11.3 Å². The Morgan fingerprint density at radius 2 is 1.82 bits per heavy atom. The van der Waals surface area contributed by atoms with Crippen LogP contribution in [0.25, 0.3) is 11.1 Å². The first-order valence-corrected chi connectivity index (χ1v) is 10.1. The number of halogens is 1. The molecule has 0 bridgehead atoms. The standard InChI is InChI=1S/C21H19BrN2O3S/c1-12-13(2)28-21(19(12)20(23)26)24-18(25)11-27-17-9-8-15(10-16(17)22)14-6-4-3-5-7-14/h3-10H,11H2,1-2H3,(H2,23,26)(H,24,25). The van der Waals surface area contributed by atoms with Crippen molar-refractivity contribution in [3.8, 4) is 16.9 Å². The third-order valence-corrected chi connectivity index (χ3v) is 6.02.